The maximum atomic E-state index is 11.2. The van der Waals surface area contributed by atoms with Crippen molar-refractivity contribution in [2.75, 3.05) is 13.1 Å². The summed E-state index contributed by atoms with van der Waals surface area (Å²) in [7, 11) is 0. The third-order valence-electron chi connectivity index (χ3n) is 3.71. The van der Waals surface area contributed by atoms with Crippen molar-refractivity contribution in [2.24, 2.45) is 5.92 Å². The molecule has 0 spiro atoms. The Balaban J connectivity index is 2.31. The van der Waals surface area contributed by atoms with Crippen molar-refractivity contribution in [1.82, 2.24) is 5.32 Å². The lowest BCUT2D eigenvalue weighted by Gasteiger charge is -2.22. The van der Waals surface area contributed by atoms with Gasteiger partial charge in [0.1, 0.15) is 0 Å². The fraction of sp³-hybridized carbons (Fsp3) is 0.533. The van der Waals surface area contributed by atoms with Crippen LogP contribution in [0, 0.1) is 5.92 Å². The number of hydrogen-bond acceptors (Lipinski definition) is 2. The lowest BCUT2D eigenvalue weighted by molar-refractivity contribution is -0.141. The van der Waals surface area contributed by atoms with Gasteiger partial charge in [-0.05, 0) is 16.5 Å². The van der Waals surface area contributed by atoms with Crippen LogP contribution >= 0.6 is 0 Å². The van der Waals surface area contributed by atoms with Crippen LogP contribution in [0.1, 0.15) is 37.8 Å². The van der Waals surface area contributed by atoms with Gasteiger partial charge in [0.25, 0.3) is 0 Å². The Morgan fingerprint density at radius 1 is 1.33 bits per heavy atom. The highest BCUT2D eigenvalue weighted by Crippen LogP contribution is 2.31. The van der Waals surface area contributed by atoms with Gasteiger partial charge in [-0.2, -0.15) is 0 Å². The molecule has 3 heteroatoms. The molecular formula is C15H21NO2. The molecule has 3 nitrogen and oxygen atoms in total. The van der Waals surface area contributed by atoms with Gasteiger partial charge in [-0.25, -0.2) is 0 Å². The minimum Gasteiger partial charge on any atom is -0.481 e. The fourth-order valence-corrected chi connectivity index (χ4v) is 2.52. The Kier molecular flexibility index (Phi) is 3.44. The van der Waals surface area contributed by atoms with Crippen LogP contribution in [-0.2, 0) is 10.2 Å². The third-order valence-corrected chi connectivity index (χ3v) is 3.71. The number of rotatable bonds is 2. The highest BCUT2D eigenvalue weighted by molar-refractivity contribution is 5.72. The van der Waals surface area contributed by atoms with E-state index in [1.165, 1.54) is 5.56 Å². The van der Waals surface area contributed by atoms with Crippen molar-refractivity contribution >= 4 is 5.97 Å². The molecule has 98 valence electrons. The molecule has 1 heterocycles. The summed E-state index contributed by atoms with van der Waals surface area (Å²) in [6.45, 7) is 7.85. The van der Waals surface area contributed by atoms with E-state index in [9.17, 15) is 9.90 Å². The Bertz CT molecular complexity index is 448. The standard InChI is InChI=1S/C15H21NO2/c1-15(2,3)11-6-4-5-10(7-11)12-8-16-9-13(12)14(17)18/h4-7,12-13,16H,8-9H2,1-3H3,(H,17,18). The second kappa shape index (κ2) is 4.73. The summed E-state index contributed by atoms with van der Waals surface area (Å²) < 4.78 is 0. The van der Waals surface area contributed by atoms with Gasteiger partial charge >= 0.3 is 5.97 Å². The second-order valence-corrected chi connectivity index (χ2v) is 6.08. The fourth-order valence-electron chi connectivity index (χ4n) is 2.52. The zero-order chi connectivity index (χ0) is 13.3. The average Bonchev–Trinajstić information content (AvgIpc) is 2.77. The maximum Gasteiger partial charge on any atom is 0.308 e. The first kappa shape index (κ1) is 13.1. The summed E-state index contributed by atoms with van der Waals surface area (Å²) in [4.78, 5) is 11.2. The van der Waals surface area contributed by atoms with E-state index >= 15 is 0 Å². The molecule has 1 fully saturated rings. The Morgan fingerprint density at radius 3 is 2.67 bits per heavy atom. The van der Waals surface area contributed by atoms with E-state index in [-0.39, 0.29) is 17.3 Å². The molecule has 1 aromatic rings. The Morgan fingerprint density at radius 2 is 2.06 bits per heavy atom. The van der Waals surface area contributed by atoms with Gasteiger partial charge in [0, 0.05) is 19.0 Å². The van der Waals surface area contributed by atoms with E-state index in [1.54, 1.807) is 0 Å². The van der Waals surface area contributed by atoms with E-state index in [0.29, 0.717) is 6.54 Å². The monoisotopic (exact) mass is 247 g/mol. The van der Waals surface area contributed by atoms with Crippen molar-refractivity contribution < 1.29 is 9.90 Å². The van der Waals surface area contributed by atoms with Crippen LogP contribution in [0.4, 0.5) is 0 Å². The average molecular weight is 247 g/mol. The predicted octanol–water partition coefficient (Wildman–Crippen LogP) is 2.37. The van der Waals surface area contributed by atoms with Gasteiger partial charge in [-0.15, -0.1) is 0 Å². The lowest BCUT2D eigenvalue weighted by atomic mass is 9.82. The minimum absolute atomic E-state index is 0.0878. The summed E-state index contributed by atoms with van der Waals surface area (Å²) >= 11 is 0. The molecule has 0 amide bonds. The molecule has 0 aromatic heterocycles. The van der Waals surface area contributed by atoms with Crippen molar-refractivity contribution in [3.05, 3.63) is 35.4 Å². The van der Waals surface area contributed by atoms with Gasteiger partial charge in [0.05, 0.1) is 5.92 Å². The smallest absolute Gasteiger partial charge is 0.308 e. The van der Waals surface area contributed by atoms with Gasteiger partial charge < -0.3 is 10.4 Å². The van der Waals surface area contributed by atoms with Crippen LogP contribution < -0.4 is 5.32 Å². The van der Waals surface area contributed by atoms with Crippen molar-refractivity contribution in [2.45, 2.75) is 32.1 Å². The number of benzene rings is 1. The molecule has 1 aliphatic heterocycles. The molecular weight excluding hydrogens is 226 g/mol. The molecule has 0 radical (unpaired) electrons. The van der Waals surface area contributed by atoms with E-state index in [4.69, 9.17) is 0 Å². The summed E-state index contributed by atoms with van der Waals surface area (Å²) in [5, 5.41) is 12.4. The largest absolute Gasteiger partial charge is 0.481 e. The molecule has 1 saturated heterocycles. The Hall–Kier alpha value is -1.35. The van der Waals surface area contributed by atoms with Crippen LogP contribution in [-0.4, -0.2) is 24.2 Å². The summed E-state index contributed by atoms with van der Waals surface area (Å²) in [5.74, 6) is -0.920. The lowest BCUT2D eigenvalue weighted by Crippen LogP contribution is -2.21. The minimum atomic E-state index is -0.703. The number of hydrogen-bond donors (Lipinski definition) is 2. The van der Waals surface area contributed by atoms with Crippen LogP contribution in [0.5, 0.6) is 0 Å². The molecule has 2 N–H and O–H groups in total. The maximum absolute atomic E-state index is 11.2. The molecule has 0 aliphatic carbocycles. The van der Waals surface area contributed by atoms with Crippen LogP contribution in [0.25, 0.3) is 0 Å². The number of carbonyl (C=O) groups is 1. The van der Waals surface area contributed by atoms with E-state index in [1.807, 2.05) is 12.1 Å². The van der Waals surface area contributed by atoms with Gasteiger partial charge in [-0.3, -0.25) is 4.79 Å². The quantitative estimate of drug-likeness (QED) is 0.843. The van der Waals surface area contributed by atoms with Crippen molar-refractivity contribution in [1.29, 1.82) is 0 Å². The van der Waals surface area contributed by atoms with Crippen LogP contribution in [0.2, 0.25) is 0 Å². The second-order valence-electron chi connectivity index (χ2n) is 6.08. The topological polar surface area (TPSA) is 49.3 Å². The summed E-state index contributed by atoms with van der Waals surface area (Å²) in [5.41, 5.74) is 2.50. The highest BCUT2D eigenvalue weighted by atomic mass is 16.4. The van der Waals surface area contributed by atoms with Gasteiger partial charge in [0.2, 0.25) is 0 Å². The molecule has 0 bridgehead atoms. The third kappa shape index (κ3) is 2.56. The number of carboxylic acids is 1. The first-order chi connectivity index (χ1) is 8.39. The molecule has 2 atom stereocenters. The molecule has 1 aromatic carbocycles. The number of nitrogens with one attached hydrogen (secondary N) is 1. The number of aliphatic carboxylic acids is 1. The highest BCUT2D eigenvalue weighted by Gasteiger charge is 2.34. The van der Waals surface area contributed by atoms with Crippen LogP contribution in [0.3, 0.4) is 0 Å². The summed E-state index contributed by atoms with van der Waals surface area (Å²) in [6, 6.07) is 8.35. The number of carboxylic acid groups (broad SMARTS) is 1. The first-order valence-electron chi connectivity index (χ1n) is 6.43. The van der Waals surface area contributed by atoms with Crippen LogP contribution in [0.15, 0.2) is 24.3 Å². The van der Waals surface area contributed by atoms with E-state index < -0.39 is 5.97 Å². The van der Waals surface area contributed by atoms with Gasteiger partial charge in [-0.1, -0.05) is 45.0 Å². The molecule has 2 unspecified atom stereocenters. The molecule has 0 saturated carbocycles. The zero-order valence-electron chi connectivity index (χ0n) is 11.2. The van der Waals surface area contributed by atoms with Crippen molar-refractivity contribution in [3.8, 4) is 0 Å². The Labute approximate surface area is 108 Å². The normalized spacial score (nSPS) is 24.2. The van der Waals surface area contributed by atoms with E-state index in [2.05, 4.69) is 38.2 Å². The zero-order valence-corrected chi connectivity index (χ0v) is 11.2. The van der Waals surface area contributed by atoms with Crippen molar-refractivity contribution in [3.63, 3.8) is 0 Å². The van der Waals surface area contributed by atoms with Gasteiger partial charge in [0.15, 0.2) is 0 Å². The first-order valence-corrected chi connectivity index (χ1v) is 6.43. The van der Waals surface area contributed by atoms with E-state index in [0.717, 1.165) is 12.1 Å². The predicted molar refractivity (Wildman–Crippen MR) is 71.9 cm³/mol. The molecule has 18 heavy (non-hydrogen) atoms. The molecule has 2 rings (SSSR count). The molecule has 1 aliphatic rings. The summed E-state index contributed by atoms with van der Waals surface area (Å²) in [6.07, 6.45) is 0. The SMILES string of the molecule is CC(C)(C)c1cccc(C2CNCC2C(=O)O)c1.